The standard InChI is InChI=1S/C12H19N3O2/c1-4-6-13-11(12(16)17-3)10-8-14-15(9-10)7-5-2/h4,8-9,11,13H,1,5-7H2,2-3H3. The Kier molecular flexibility index (Phi) is 5.42. The molecule has 0 amide bonds. The molecule has 1 unspecified atom stereocenters. The average molecular weight is 237 g/mol. The lowest BCUT2D eigenvalue weighted by molar-refractivity contribution is -0.143. The van der Waals surface area contributed by atoms with Crippen molar-refractivity contribution < 1.29 is 9.53 Å². The molecule has 0 fully saturated rings. The van der Waals surface area contributed by atoms with E-state index in [0.29, 0.717) is 6.54 Å². The maximum absolute atomic E-state index is 11.6. The second-order valence-corrected chi connectivity index (χ2v) is 3.69. The Bertz CT molecular complexity index is 374. The van der Waals surface area contributed by atoms with Gasteiger partial charge in [-0.05, 0) is 6.42 Å². The molecule has 1 aromatic heterocycles. The molecule has 1 heterocycles. The van der Waals surface area contributed by atoms with Gasteiger partial charge in [0.1, 0.15) is 6.04 Å². The lowest BCUT2D eigenvalue weighted by Crippen LogP contribution is -2.29. The van der Waals surface area contributed by atoms with Crippen LogP contribution in [-0.4, -0.2) is 29.4 Å². The summed E-state index contributed by atoms with van der Waals surface area (Å²) in [5, 5.41) is 7.24. The van der Waals surface area contributed by atoms with Gasteiger partial charge in [0.15, 0.2) is 0 Å². The number of methoxy groups -OCH3 is 1. The van der Waals surface area contributed by atoms with E-state index in [2.05, 4.69) is 23.9 Å². The van der Waals surface area contributed by atoms with E-state index in [1.807, 2.05) is 10.9 Å². The Morgan fingerprint density at radius 1 is 1.76 bits per heavy atom. The van der Waals surface area contributed by atoms with E-state index < -0.39 is 6.04 Å². The summed E-state index contributed by atoms with van der Waals surface area (Å²) in [5.74, 6) is -0.317. The molecule has 0 spiro atoms. The predicted molar refractivity (Wildman–Crippen MR) is 65.5 cm³/mol. The Morgan fingerprint density at radius 3 is 3.12 bits per heavy atom. The fraction of sp³-hybridized carbons (Fsp3) is 0.500. The molecule has 5 heteroatoms. The van der Waals surface area contributed by atoms with Crippen LogP contribution in [0, 0.1) is 0 Å². The number of carbonyl (C=O) groups excluding carboxylic acids is 1. The molecule has 1 atom stereocenters. The minimum Gasteiger partial charge on any atom is -0.468 e. The summed E-state index contributed by atoms with van der Waals surface area (Å²) in [4.78, 5) is 11.6. The monoisotopic (exact) mass is 237 g/mol. The van der Waals surface area contributed by atoms with Crippen LogP contribution in [0.1, 0.15) is 24.9 Å². The number of ether oxygens (including phenoxy) is 1. The summed E-state index contributed by atoms with van der Waals surface area (Å²) in [6.07, 6.45) is 6.25. The predicted octanol–water partition coefficient (Wildman–Crippen LogP) is 1.28. The van der Waals surface area contributed by atoms with Crippen LogP contribution in [-0.2, 0) is 16.1 Å². The number of aryl methyl sites for hydroxylation is 1. The van der Waals surface area contributed by atoms with Gasteiger partial charge < -0.3 is 4.74 Å². The topological polar surface area (TPSA) is 56.1 Å². The van der Waals surface area contributed by atoms with E-state index in [1.54, 1.807) is 12.3 Å². The Hall–Kier alpha value is -1.62. The summed E-state index contributed by atoms with van der Waals surface area (Å²) < 4.78 is 6.58. The van der Waals surface area contributed by atoms with E-state index in [1.165, 1.54) is 7.11 Å². The number of carbonyl (C=O) groups is 1. The highest BCUT2D eigenvalue weighted by Crippen LogP contribution is 2.13. The number of nitrogens with zero attached hydrogens (tertiary/aromatic N) is 2. The van der Waals surface area contributed by atoms with Gasteiger partial charge in [-0.25, -0.2) is 4.79 Å². The molecular formula is C12H19N3O2. The molecule has 0 aliphatic rings. The van der Waals surface area contributed by atoms with E-state index in [-0.39, 0.29) is 5.97 Å². The maximum atomic E-state index is 11.6. The van der Waals surface area contributed by atoms with Gasteiger partial charge in [0, 0.05) is 24.8 Å². The van der Waals surface area contributed by atoms with Gasteiger partial charge in [0.2, 0.25) is 0 Å². The highest BCUT2D eigenvalue weighted by atomic mass is 16.5. The molecule has 0 saturated heterocycles. The normalized spacial score (nSPS) is 12.1. The van der Waals surface area contributed by atoms with E-state index in [4.69, 9.17) is 4.74 Å². The van der Waals surface area contributed by atoms with Crippen molar-refractivity contribution >= 4 is 5.97 Å². The van der Waals surface area contributed by atoms with Crippen molar-refractivity contribution in [3.63, 3.8) is 0 Å². The molecule has 0 saturated carbocycles. The molecule has 17 heavy (non-hydrogen) atoms. The van der Waals surface area contributed by atoms with E-state index in [9.17, 15) is 4.79 Å². The largest absolute Gasteiger partial charge is 0.468 e. The molecule has 1 rings (SSSR count). The summed E-state index contributed by atoms with van der Waals surface area (Å²) in [7, 11) is 1.38. The lowest BCUT2D eigenvalue weighted by atomic mass is 10.1. The quantitative estimate of drug-likeness (QED) is 0.573. The van der Waals surface area contributed by atoms with Crippen LogP contribution in [0.5, 0.6) is 0 Å². The first-order valence-electron chi connectivity index (χ1n) is 5.67. The second kappa shape index (κ2) is 6.85. The van der Waals surface area contributed by atoms with Crippen molar-refractivity contribution in [2.75, 3.05) is 13.7 Å². The number of rotatable bonds is 7. The third-order valence-electron chi connectivity index (χ3n) is 2.34. The molecule has 0 aliphatic heterocycles. The number of nitrogens with one attached hydrogen (secondary N) is 1. The van der Waals surface area contributed by atoms with Crippen LogP contribution in [0.4, 0.5) is 0 Å². The first kappa shape index (κ1) is 13.4. The van der Waals surface area contributed by atoms with Crippen LogP contribution in [0.2, 0.25) is 0 Å². The fourth-order valence-electron chi connectivity index (χ4n) is 1.54. The van der Waals surface area contributed by atoms with Gasteiger partial charge in [0.05, 0.1) is 13.3 Å². The first-order valence-corrected chi connectivity index (χ1v) is 5.67. The Morgan fingerprint density at radius 2 is 2.53 bits per heavy atom. The van der Waals surface area contributed by atoms with Crippen LogP contribution in [0.15, 0.2) is 25.0 Å². The van der Waals surface area contributed by atoms with Crippen molar-refractivity contribution in [3.8, 4) is 0 Å². The molecular weight excluding hydrogens is 218 g/mol. The van der Waals surface area contributed by atoms with Crippen molar-refractivity contribution in [1.82, 2.24) is 15.1 Å². The van der Waals surface area contributed by atoms with Crippen LogP contribution >= 0.6 is 0 Å². The van der Waals surface area contributed by atoms with Crippen molar-refractivity contribution in [3.05, 3.63) is 30.6 Å². The molecule has 0 aliphatic carbocycles. The van der Waals surface area contributed by atoms with Gasteiger partial charge >= 0.3 is 5.97 Å². The summed E-state index contributed by atoms with van der Waals surface area (Å²) in [6, 6.07) is -0.483. The van der Waals surface area contributed by atoms with Crippen LogP contribution < -0.4 is 5.32 Å². The van der Waals surface area contributed by atoms with Crippen LogP contribution in [0.25, 0.3) is 0 Å². The Balaban J connectivity index is 2.79. The number of hydrogen-bond donors (Lipinski definition) is 1. The van der Waals surface area contributed by atoms with E-state index >= 15 is 0 Å². The summed E-state index contributed by atoms with van der Waals surface area (Å²) in [6.45, 7) is 7.07. The molecule has 0 bridgehead atoms. The highest BCUT2D eigenvalue weighted by molar-refractivity contribution is 5.77. The van der Waals surface area contributed by atoms with E-state index in [0.717, 1.165) is 18.5 Å². The number of aromatic nitrogens is 2. The molecule has 1 N–H and O–H groups in total. The summed E-state index contributed by atoms with van der Waals surface area (Å²) in [5.41, 5.74) is 0.812. The molecule has 5 nitrogen and oxygen atoms in total. The lowest BCUT2D eigenvalue weighted by Gasteiger charge is -2.13. The minimum absolute atomic E-state index is 0.317. The smallest absolute Gasteiger partial charge is 0.327 e. The molecule has 0 radical (unpaired) electrons. The van der Waals surface area contributed by atoms with Gasteiger partial charge in [-0.15, -0.1) is 6.58 Å². The zero-order valence-electron chi connectivity index (χ0n) is 10.3. The maximum Gasteiger partial charge on any atom is 0.327 e. The first-order chi connectivity index (χ1) is 8.22. The zero-order valence-corrected chi connectivity index (χ0v) is 10.3. The third kappa shape index (κ3) is 3.71. The van der Waals surface area contributed by atoms with Gasteiger partial charge in [-0.1, -0.05) is 13.0 Å². The van der Waals surface area contributed by atoms with Crippen molar-refractivity contribution in [1.29, 1.82) is 0 Å². The summed E-state index contributed by atoms with van der Waals surface area (Å²) >= 11 is 0. The third-order valence-corrected chi connectivity index (χ3v) is 2.34. The molecule has 94 valence electrons. The van der Waals surface area contributed by atoms with Crippen LogP contribution in [0.3, 0.4) is 0 Å². The van der Waals surface area contributed by atoms with Gasteiger partial charge in [-0.2, -0.15) is 5.10 Å². The molecule has 1 aromatic rings. The number of esters is 1. The SMILES string of the molecule is C=CCNC(C(=O)OC)c1cnn(CCC)c1. The average Bonchev–Trinajstić information content (AvgIpc) is 2.78. The van der Waals surface area contributed by atoms with Gasteiger partial charge in [-0.3, -0.25) is 10.00 Å². The number of hydrogen-bond acceptors (Lipinski definition) is 4. The highest BCUT2D eigenvalue weighted by Gasteiger charge is 2.21. The van der Waals surface area contributed by atoms with Crippen molar-refractivity contribution in [2.24, 2.45) is 0 Å². The van der Waals surface area contributed by atoms with Crippen molar-refractivity contribution in [2.45, 2.75) is 25.9 Å². The second-order valence-electron chi connectivity index (χ2n) is 3.69. The Labute approximate surface area is 101 Å². The van der Waals surface area contributed by atoms with Gasteiger partial charge in [0.25, 0.3) is 0 Å². The fourth-order valence-corrected chi connectivity index (χ4v) is 1.54. The zero-order chi connectivity index (χ0) is 12.7. The minimum atomic E-state index is -0.483. The molecule has 0 aromatic carbocycles.